The van der Waals surface area contributed by atoms with Crippen LogP contribution in [0, 0.1) is 0 Å². The molecular formula is C27H26N2O4. The molecule has 1 atom stereocenters. The Bertz CT molecular complexity index is 1330. The summed E-state index contributed by atoms with van der Waals surface area (Å²) in [6, 6.07) is 20.2. The van der Waals surface area contributed by atoms with Crippen LogP contribution in [0.1, 0.15) is 29.0 Å². The second kappa shape index (κ2) is 8.54. The summed E-state index contributed by atoms with van der Waals surface area (Å²) in [5.41, 5.74) is 5.10. The molecule has 6 nitrogen and oxygen atoms in total. The number of carbonyl (C=O) groups excluding carboxylic acids is 1. The van der Waals surface area contributed by atoms with Crippen molar-refractivity contribution >= 4 is 22.5 Å². The molecule has 1 aliphatic rings. The molecule has 5 rings (SSSR count). The van der Waals surface area contributed by atoms with Gasteiger partial charge in [0.1, 0.15) is 0 Å². The van der Waals surface area contributed by atoms with Crippen LogP contribution in [0.4, 0.5) is 5.69 Å². The number of hydrogen-bond acceptors (Lipinski definition) is 4. The van der Waals surface area contributed by atoms with Gasteiger partial charge in [0.05, 0.1) is 32.5 Å². The van der Waals surface area contributed by atoms with E-state index in [0.717, 1.165) is 34.3 Å². The third-order valence-corrected chi connectivity index (χ3v) is 6.28. The topological polar surface area (TPSA) is 61.7 Å². The maximum Gasteiger partial charge on any atom is 0.225 e. The molecule has 0 radical (unpaired) electrons. The van der Waals surface area contributed by atoms with Gasteiger partial charge in [-0.2, -0.15) is 0 Å². The van der Waals surface area contributed by atoms with Gasteiger partial charge in [0, 0.05) is 36.0 Å². The molecule has 0 bridgehead atoms. The van der Waals surface area contributed by atoms with Gasteiger partial charge >= 0.3 is 0 Å². The standard InChI is InChI=1S/C27H26N2O4/c1-31-23-13-12-18(26(32-2)27(23)33-3)19-14-24(30)28-21-10-7-11-22-25(21)20(19)16-29(22)15-17-8-5-4-6-9-17/h4-13,16,19H,14-15H2,1-3H3,(H,28,30)/t19-/m0/s1. The van der Waals surface area contributed by atoms with Crippen molar-refractivity contribution in [3.05, 3.63) is 83.6 Å². The lowest BCUT2D eigenvalue weighted by molar-refractivity contribution is -0.116. The fourth-order valence-electron chi connectivity index (χ4n) is 4.84. The van der Waals surface area contributed by atoms with Gasteiger partial charge in [0.2, 0.25) is 11.7 Å². The van der Waals surface area contributed by atoms with E-state index in [0.29, 0.717) is 23.7 Å². The Kier molecular flexibility index (Phi) is 5.42. The van der Waals surface area contributed by atoms with E-state index >= 15 is 0 Å². The average molecular weight is 443 g/mol. The van der Waals surface area contributed by atoms with Crippen molar-refractivity contribution in [2.24, 2.45) is 0 Å². The van der Waals surface area contributed by atoms with Crippen molar-refractivity contribution < 1.29 is 19.0 Å². The summed E-state index contributed by atoms with van der Waals surface area (Å²) in [6.07, 6.45) is 2.47. The molecule has 2 heterocycles. The number of rotatable bonds is 6. The van der Waals surface area contributed by atoms with Crippen LogP contribution in [0.15, 0.2) is 66.9 Å². The van der Waals surface area contributed by atoms with Gasteiger partial charge in [0.25, 0.3) is 0 Å². The zero-order valence-electron chi connectivity index (χ0n) is 18.9. The third kappa shape index (κ3) is 3.57. The second-order valence-corrected chi connectivity index (χ2v) is 8.13. The first kappa shape index (κ1) is 20.9. The highest BCUT2D eigenvalue weighted by molar-refractivity contribution is 6.06. The Labute approximate surface area is 192 Å². The minimum absolute atomic E-state index is 0.0323. The lowest BCUT2D eigenvalue weighted by Crippen LogP contribution is -2.14. The van der Waals surface area contributed by atoms with Crippen LogP contribution in [0.25, 0.3) is 10.9 Å². The van der Waals surface area contributed by atoms with E-state index in [1.807, 2.05) is 42.5 Å². The van der Waals surface area contributed by atoms with Crippen LogP contribution in [0.2, 0.25) is 0 Å². The summed E-state index contributed by atoms with van der Waals surface area (Å²) in [5, 5.41) is 4.16. The lowest BCUT2D eigenvalue weighted by atomic mass is 9.87. The summed E-state index contributed by atoms with van der Waals surface area (Å²) in [4.78, 5) is 12.9. The molecule has 0 fully saturated rings. The first-order chi connectivity index (χ1) is 16.1. The van der Waals surface area contributed by atoms with Crippen LogP contribution < -0.4 is 19.5 Å². The molecule has 6 heteroatoms. The zero-order valence-corrected chi connectivity index (χ0v) is 18.9. The van der Waals surface area contributed by atoms with Crippen LogP contribution in [0.5, 0.6) is 17.2 Å². The van der Waals surface area contributed by atoms with Crippen molar-refractivity contribution in [2.75, 3.05) is 26.6 Å². The highest BCUT2D eigenvalue weighted by Gasteiger charge is 2.31. The number of amides is 1. The molecule has 0 unspecified atom stereocenters. The van der Waals surface area contributed by atoms with Crippen molar-refractivity contribution in [3.63, 3.8) is 0 Å². The van der Waals surface area contributed by atoms with Gasteiger partial charge in [-0.05, 0) is 29.3 Å². The minimum atomic E-state index is -0.206. The summed E-state index contributed by atoms with van der Waals surface area (Å²) >= 11 is 0. The molecule has 1 amide bonds. The predicted molar refractivity (Wildman–Crippen MR) is 129 cm³/mol. The number of aromatic nitrogens is 1. The number of nitrogens with zero attached hydrogens (tertiary/aromatic N) is 1. The molecule has 4 aromatic rings. The highest BCUT2D eigenvalue weighted by Crippen LogP contribution is 2.48. The molecule has 1 N–H and O–H groups in total. The van der Waals surface area contributed by atoms with E-state index in [2.05, 4.69) is 34.3 Å². The van der Waals surface area contributed by atoms with Gasteiger partial charge in [-0.1, -0.05) is 42.5 Å². The Morgan fingerprint density at radius 2 is 1.67 bits per heavy atom. The molecule has 0 aliphatic carbocycles. The lowest BCUT2D eigenvalue weighted by Gasteiger charge is -2.21. The van der Waals surface area contributed by atoms with E-state index in [4.69, 9.17) is 14.2 Å². The second-order valence-electron chi connectivity index (χ2n) is 8.13. The first-order valence-corrected chi connectivity index (χ1v) is 10.9. The van der Waals surface area contributed by atoms with E-state index < -0.39 is 0 Å². The molecule has 0 saturated heterocycles. The van der Waals surface area contributed by atoms with Crippen molar-refractivity contribution in [1.29, 1.82) is 0 Å². The van der Waals surface area contributed by atoms with Crippen molar-refractivity contribution in [1.82, 2.24) is 4.57 Å². The van der Waals surface area contributed by atoms with Crippen LogP contribution in [-0.2, 0) is 11.3 Å². The maximum atomic E-state index is 12.9. The number of carbonyl (C=O) groups is 1. The molecule has 168 valence electrons. The predicted octanol–water partition coefficient (Wildman–Crippen LogP) is 5.19. The Hall–Kier alpha value is -3.93. The largest absolute Gasteiger partial charge is 0.493 e. The molecule has 33 heavy (non-hydrogen) atoms. The molecule has 1 aromatic heterocycles. The van der Waals surface area contributed by atoms with E-state index in [-0.39, 0.29) is 11.8 Å². The first-order valence-electron chi connectivity index (χ1n) is 10.9. The maximum absolute atomic E-state index is 12.9. The smallest absolute Gasteiger partial charge is 0.225 e. The van der Waals surface area contributed by atoms with Crippen LogP contribution >= 0.6 is 0 Å². The number of anilines is 1. The summed E-state index contributed by atoms with van der Waals surface area (Å²) in [7, 11) is 4.80. The molecule has 3 aromatic carbocycles. The van der Waals surface area contributed by atoms with Crippen LogP contribution in [0.3, 0.4) is 0 Å². The molecule has 0 spiro atoms. The quantitative estimate of drug-likeness (QED) is 0.446. The summed E-state index contributed by atoms with van der Waals surface area (Å²) in [5.74, 6) is 1.45. The van der Waals surface area contributed by atoms with Gasteiger partial charge in [0.15, 0.2) is 11.5 Å². The summed E-state index contributed by atoms with van der Waals surface area (Å²) < 4.78 is 19.1. The van der Waals surface area contributed by atoms with Gasteiger partial charge < -0.3 is 24.1 Å². The average Bonchev–Trinajstić information content (AvgIpc) is 3.13. The Balaban J connectivity index is 1.72. The van der Waals surface area contributed by atoms with E-state index in [1.54, 1.807) is 21.3 Å². The fourth-order valence-corrected chi connectivity index (χ4v) is 4.84. The molecular weight excluding hydrogens is 416 g/mol. The van der Waals surface area contributed by atoms with Gasteiger partial charge in [-0.25, -0.2) is 0 Å². The number of hydrogen-bond donors (Lipinski definition) is 1. The van der Waals surface area contributed by atoms with E-state index in [1.165, 1.54) is 5.56 Å². The zero-order chi connectivity index (χ0) is 22.9. The van der Waals surface area contributed by atoms with Crippen molar-refractivity contribution in [3.8, 4) is 17.2 Å². The van der Waals surface area contributed by atoms with Gasteiger partial charge in [-0.3, -0.25) is 4.79 Å². The third-order valence-electron chi connectivity index (χ3n) is 6.28. The van der Waals surface area contributed by atoms with Crippen LogP contribution in [-0.4, -0.2) is 31.8 Å². The number of benzene rings is 3. The van der Waals surface area contributed by atoms with Gasteiger partial charge in [-0.15, -0.1) is 0 Å². The molecule has 0 saturated carbocycles. The van der Waals surface area contributed by atoms with E-state index in [9.17, 15) is 4.79 Å². The number of ether oxygens (including phenoxy) is 3. The fraction of sp³-hybridized carbons (Fsp3) is 0.222. The Morgan fingerprint density at radius 1 is 0.879 bits per heavy atom. The Morgan fingerprint density at radius 3 is 2.39 bits per heavy atom. The minimum Gasteiger partial charge on any atom is -0.493 e. The highest BCUT2D eigenvalue weighted by atomic mass is 16.5. The normalized spacial score (nSPS) is 15.1. The number of nitrogens with one attached hydrogen (secondary N) is 1. The monoisotopic (exact) mass is 442 g/mol. The SMILES string of the molecule is COc1ccc([C@@H]2CC(=O)Nc3cccc4c3c2cn4Cc2ccccc2)c(OC)c1OC. The number of methoxy groups -OCH3 is 3. The molecule has 1 aliphatic heterocycles. The van der Waals surface area contributed by atoms with Crippen molar-refractivity contribution in [2.45, 2.75) is 18.9 Å². The summed E-state index contributed by atoms with van der Waals surface area (Å²) in [6.45, 7) is 0.741.